The van der Waals surface area contributed by atoms with Crippen LogP contribution in [0.3, 0.4) is 0 Å². The zero-order valence-electron chi connectivity index (χ0n) is 15.4. The first-order valence-corrected chi connectivity index (χ1v) is 9.20. The summed E-state index contributed by atoms with van der Waals surface area (Å²) in [5.74, 6) is 1.47. The molecule has 2 aromatic carbocycles. The van der Waals surface area contributed by atoms with E-state index in [1.807, 2.05) is 12.1 Å². The Morgan fingerprint density at radius 2 is 1.85 bits per heavy atom. The number of aliphatic hydroxyl groups excluding tert-OH is 1. The minimum Gasteiger partial charge on any atom is -0.491 e. The van der Waals surface area contributed by atoms with Crippen LogP contribution in [0.25, 0.3) is 11.0 Å². The molecule has 3 rings (SSSR count). The van der Waals surface area contributed by atoms with Gasteiger partial charge in [0.15, 0.2) is 11.0 Å². The van der Waals surface area contributed by atoms with E-state index in [0.29, 0.717) is 12.3 Å². The quantitative estimate of drug-likeness (QED) is 0.627. The maximum atomic E-state index is 13.0. The summed E-state index contributed by atoms with van der Waals surface area (Å²) in [7, 11) is 0. The number of imidazole rings is 1. The lowest BCUT2D eigenvalue weighted by atomic mass is 10.3. The number of hydrogen-bond donors (Lipinski definition) is 1. The highest BCUT2D eigenvalue weighted by Crippen LogP contribution is 2.16. The fraction of sp³-hybridized carbons (Fsp3) is 0.381. The summed E-state index contributed by atoms with van der Waals surface area (Å²) in [4.78, 5) is 0. The van der Waals surface area contributed by atoms with Gasteiger partial charge in [0.05, 0.1) is 6.54 Å². The fourth-order valence-corrected chi connectivity index (χ4v) is 3.38. The van der Waals surface area contributed by atoms with Gasteiger partial charge in [-0.2, -0.15) is 0 Å². The molecule has 0 fully saturated rings. The van der Waals surface area contributed by atoms with E-state index in [1.165, 1.54) is 23.5 Å². The van der Waals surface area contributed by atoms with Crippen LogP contribution in [-0.4, -0.2) is 22.4 Å². The van der Waals surface area contributed by atoms with E-state index in [4.69, 9.17) is 4.74 Å². The van der Waals surface area contributed by atoms with Crippen LogP contribution in [0.15, 0.2) is 48.5 Å². The molecular weight excluding hydrogens is 331 g/mol. The van der Waals surface area contributed by atoms with Crippen molar-refractivity contribution in [2.75, 3.05) is 6.61 Å². The average molecular weight is 357 g/mol. The normalized spacial score (nSPS) is 12.5. The van der Waals surface area contributed by atoms with Crippen LogP contribution in [0.5, 0.6) is 5.75 Å². The summed E-state index contributed by atoms with van der Waals surface area (Å²) in [6.07, 6.45) is 1.34. The SMILES string of the molecule is CCCc1n(CC)c2ccccc2[n+]1C[C@H](O)COc1ccc(F)cc1. The molecule has 4 nitrogen and oxygen atoms in total. The van der Waals surface area contributed by atoms with Gasteiger partial charge in [0, 0.05) is 6.42 Å². The predicted molar refractivity (Wildman–Crippen MR) is 99.7 cm³/mol. The Balaban J connectivity index is 1.80. The monoisotopic (exact) mass is 357 g/mol. The molecule has 0 aliphatic rings. The lowest BCUT2D eigenvalue weighted by molar-refractivity contribution is -0.687. The number of hydrogen-bond acceptors (Lipinski definition) is 2. The molecule has 1 N–H and O–H groups in total. The minimum absolute atomic E-state index is 0.163. The summed E-state index contributed by atoms with van der Waals surface area (Å²) in [6, 6.07) is 14.1. The zero-order chi connectivity index (χ0) is 18.5. The Kier molecular flexibility index (Phi) is 5.89. The second-order valence-corrected chi connectivity index (χ2v) is 6.43. The van der Waals surface area contributed by atoms with Gasteiger partial charge in [0.25, 0.3) is 5.82 Å². The summed E-state index contributed by atoms with van der Waals surface area (Å²) in [6.45, 7) is 5.82. The number of ether oxygens (including phenoxy) is 1. The van der Waals surface area contributed by atoms with E-state index >= 15 is 0 Å². The molecule has 1 aromatic heterocycles. The number of benzene rings is 2. The topological polar surface area (TPSA) is 38.3 Å². The van der Waals surface area contributed by atoms with E-state index in [1.54, 1.807) is 12.1 Å². The van der Waals surface area contributed by atoms with Gasteiger partial charge in [-0.1, -0.05) is 19.1 Å². The van der Waals surface area contributed by atoms with Gasteiger partial charge in [0.1, 0.15) is 30.8 Å². The molecule has 0 spiro atoms. The molecule has 26 heavy (non-hydrogen) atoms. The third-order valence-corrected chi connectivity index (χ3v) is 4.53. The van der Waals surface area contributed by atoms with E-state index in [-0.39, 0.29) is 12.4 Å². The first-order chi connectivity index (χ1) is 12.6. The van der Waals surface area contributed by atoms with Crippen LogP contribution in [0.4, 0.5) is 4.39 Å². The largest absolute Gasteiger partial charge is 0.491 e. The minimum atomic E-state index is -0.656. The summed E-state index contributed by atoms with van der Waals surface area (Å²) >= 11 is 0. The third kappa shape index (κ3) is 3.88. The number of fused-ring (bicyclic) bond motifs is 1. The fourth-order valence-electron chi connectivity index (χ4n) is 3.38. The molecule has 3 aromatic rings. The van der Waals surface area contributed by atoms with Crippen molar-refractivity contribution in [1.29, 1.82) is 0 Å². The summed E-state index contributed by atoms with van der Waals surface area (Å²) in [5, 5.41) is 10.5. The van der Waals surface area contributed by atoms with Crippen molar-refractivity contribution in [3.05, 3.63) is 60.2 Å². The number of halogens is 1. The van der Waals surface area contributed by atoms with Gasteiger partial charge in [-0.3, -0.25) is 0 Å². The van der Waals surface area contributed by atoms with Crippen LogP contribution >= 0.6 is 0 Å². The van der Waals surface area contributed by atoms with Gasteiger partial charge < -0.3 is 9.84 Å². The zero-order valence-corrected chi connectivity index (χ0v) is 15.4. The van der Waals surface area contributed by atoms with Crippen LogP contribution in [0, 0.1) is 5.82 Å². The lowest BCUT2D eigenvalue weighted by Gasteiger charge is -2.12. The second kappa shape index (κ2) is 8.32. The highest BCUT2D eigenvalue weighted by molar-refractivity contribution is 5.72. The first kappa shape index (κ1) is 18.4. The molecule has 0 aliphatic carbocycles. The molecule has 138 valence electrons. The van der Waals surface area contributed by atoms with Crippen molar-refractivity contribution in [2.45, 2.75) is 45.9 Å². The number of aromatic nitrogens is 2. The standard InChI is InChI=1S/C21H26FN2O2/c1-3-7-21-23(4-2)19-8-5-6-9-20(19)24(21)14-17(25)15-26-18-12-10-16(22)11-13-18/h5-6,8-13,17,25H,3-4,7,14-15H2,1-2H3/q+1/t17-/m0/s1. The molecule has 0 saturated heterocycles. The number of aliphatic hydroxyl groups is 1. The molecule has 0 aliphatic heterocycles. The van der Waals surface area contributed by atoms with E-state index < -0.39 is 6.10 Å². The Bertz CT molecular complexity index is 858. The highest BCUT2D eigenvalue weighted by atomic mass is 19.1. The molecule has 0 radical (unpaired) electrons. The molecule has 1 heterocycles. The summed E-state index contributed by atoms with van der Waals surface area (Å²) < 4.78 is 23.1. The summed E-state index contributed by atoms with van der Waals surface area (Å²) in [5.41, 5.74) is 2.31. The number of nitrogens with zero attached hydrogens (tertiary/aromatic N) is 2. The Morgan fingerprint density at radius 1 is 1.12 bits per heavy atom. The Labute approximate surface area is 153 Å². The van der Waals surface area contributed by atoms with Gasteiger partial charge in [-0.15, -0.1) is 0 Å². The van der Waals surface area contributed by atoms with Crippen molar-refractivity contribution in [3.8, 4) is 5.75 Å². The average Bonchev–Trinajstić information content (AvgIpc) is 2.94. The van der Waals surface area contributed by atoms with Crippen LogP contribution in [0.2, 0.25) is 0 Å². The van der Waals surface area contributed by atoms with Gasteiger partial charge >= 0.3 is 0 Å². The smallest absolute Gasteiger partial charge is 0.257 e. The Morgan fingerprint density at radius 3 is 2.54 bits per heavy atom. The van der Waals surface area contributed by atoms with Crippen molar-refractivity contribution >= 4 is 11.0 Å². The maximum absolute atomic E-state index is 13.0. The van der Waals surface area contributed by atoms with E-state index in [0.717, 1.165) is 24.9 Å². The van der Waals surface area contributed by atoms with Crippen LogP contribution < -0.4 is 9.30 Å². The van der Waals surface area contributed by atoms with Crippen molar-refractivity contribution < 1.29 is 18.8 Å². The third-order valence-electron chi connectivity index (χ3n) is 4.53. The molecule has 0 unspecified atom stereocenters. The van der Waals surface area contributed by atoms with Gasteiger partial charge in [-0.25, -0.2) is 13.5 Å². The number of para-hydroxylation sites is 2. The molecule has 0 saturated carbocycles. The van der Waals surface area contributed by atoms with Gasteiger partial charge in [-0.05, 0) is 49.7 Å². The number of aryl methyl sites for hydroxylation is 1. The predicted octanol–water partition coefficient (Wildman–Crippen LogP) is 3.48. The molecular formula is C21H26FN2O2+. The maximum Gasteiger partial charge on any atom is 0.257 e. The van der Waals surface area contributed by atoms with Crippen molar-refractivity contribution in [1.82, 2.24) is 4.57 Å². The van der Waals surface area contributed by atoms with Crippen LogP contribution in [-0.2, 0) is 19.5 Å². The Hall–Kier alpha value is -2.40. The van der Waals surface area contributed by atoms with Crippen molar-refractivity contribution in [3.63, 3.8) is 0 Å². The van der Waals surface area contributed by atoms with E-state index in [9.17, 15) is 9.50 Å². The van der Waals surface area contributed by atoms with E-state index in [2.05, 4.69) is 35.1 Å². The second-order valence-electron chi connectivity index (χ2n) is 6.43. The lowest BCUT2D eigenvalue weighted by Crippen LogP contribution is -2.45. The number of rotatable bonds is 8. The molecule has 5 heteroatoms. The molecule has 0 amide bonds. The first-order valence-electron chi connectivity index (χ1n) is 9.20. The molecule has 0 bridgehead atoms. The highest BCUT2D eigenvalue weighted by Gasteiger charge is 2.25. The molecule has 1 atom stereocenters. The van der Waals surface area contributed by atoms with Crippen LogP contribution in [0.1, 0.15) is 26.1 Å². The van der Waals surface area contributed by atoms with Gasteiger partial charge in [0.2, 0.25) is 0 Å². The van der Waals surface area contributed by atoms with Crippen molar-refractivity contribution in [2.24, 2.45) is 0 Å².